The molecule has 3 amide bonds. The van der Waals surface area contributed by atoms with Gasteiger partial charge in [0.1, 0.15) is 5.41 Å². The molecule has 3 rings (SSSR count). The highest BCUT2D eigenvalue weighted by Gasteiger charge is 2.62. The largest absolute Gasteiger partial charge is 0.449 e. The lowest BCUT2D eigenvalue weighted by molar-refractivity contribution is -0.191. The molecule has 0 radical (unpaired) electrons. The number of unbranched alkanes of at least 4 members (excludes halogenated alkanes) is 1. The molecule has 2 aliphatic heterocycles. The van der Waals surface area contributed by atoms with E-state index in [1.807, 2.05) is 6.92 Å². The number of hydrogen-bond acceptors (Lipinski definition) is 5. The first kappa shape index (κ1) is 22.5. The predicted molar refractivity (Wildman–Crippen MR) is 102 cm³/mol. The van der Waals surface area contributed by atoms with E-state index in [9.17, 15) is 27.6 Å². The highest BCUT2D eigenvalue weighted by atomic mass is 79.9. The van der Waals surface area contributed by atoms with Gasteiger partial charge in [0.25, 0.3) is 0 Å². The van der Waals surface area contributed by atoms with Gasteiger partial charge in [-0.1, -0.05) is 13.3 Å². The number of hydrogen-bond donors (Lipinski definition) is 0. The maximum Gasteiger partial charge on any atom is 0.416 e. The average molecular weight is 492 g/mol. The van der Waals surface area contributed by atoms with Crippen molar-refractivity contribution in [3.63, 3.8) is 0 Å². The van der Waals surface area contributed by atoms with E-state index in [-0.39, 0.29) is 38.2 Å². The summed E-state index contributed by atoms with van der Waals surface area (Å²) in [7, 11) is 0. The third kappa shape index (κ3) is 4.03. The molecule has 2 aliphatic rings. The fourth-order valence-electron chi connectivity index (χ4n) is 3.85. The highest BCUT2D eigenvalue weighted by Crippen LogP contribution is 2.48. The standard InChI is InChI=1S/C19H21BrF3N3O4/c1-2-3-10-30-17(29)26-9-7-18(16(26)28)6-8-25(15(18)27)14(19(21,22)23)13-5-4-12(20)11-24-13/h4-5,11,14H,2-3,6-10H2,1H3. The number of nitrogens with zero attached hydrogens (tertiary/aromatic N) is 3. The van der Waals surface area contributed by atoms with Crippen molar-refractivity contribution in [2.75, 3.05) is 19.7 Å². The first-order valence-electron chi connectivity index (χ1n) is 9.60. The van der Waals surface area contributed by atoms with Gasteiger partial charge in [0, 0.05) is 23.8 Å². The summed E-state index contributed by atoms with van der Waals surface area (Å²) in [6, 6.07) is 0.330. The average Bonchev–Trinajstić information content (AvgIpc) is 3.18. The van der Waals surface area contributed by atoms with E-state index in [2.05, 4.69) is 20.9 Å². The fraction of sp³-hybridized carbons (Fsp3) is 0.579. The van der Waals surface area contributed by atoms with Crippen LogP contribution in [0.4, 0.5) is 18.0 Å². The van der Waals surface area contributed by atoms with Crippen LogP contribution in [-0.2, 0) is 14.3 Å². The van der Waals surface area contributed by atoms with E-state index >= 15 is 0 Å². The molecular weight excluding hydrogens is 471 g/mol. The van der Waals surface area contributed by atoms with Gasteiger partial charge in [0.15, 0.2) is 6.04 Å². The van der Waals surface area contributed by atoms with Crippen molar-refractivity contribution >= 4 is 33.8 Å². The zero-order chi connectivity index (χ0) is 22.1. The van der Waals surface area contributed by atoms with Crippen LogP contribution in [0.3, 0.4) is 0 Å². The van der Waals surface area contributed by atoms with Crippen LogP contribution >= 0.6 is 15.9 Å². The number of pyridine rings is 1. The van der Waals surface area contributed by atoms with E-state index < -0.39 is 35.5 Å². The van der Waals surface area contributed by atoms with Gasteiger partial charge in [-0.15, -0.1) is 0 Å². The zero-order valence-corrected chi connectivity index (χ0v) is 17.8. The van der Waals surface area contributed by atoms with Gasteiger partial charge in [-0.2, -0.15) is 13.2 Å². The summed E-state index contributed by atoms with van der Waals surface area (Å²) in [6.07, 6.45) is -3.12. The molecule has 2 saturated heterocycles. The summed E-state index contributed by atoms with van der Waals surface area (Å²) < 4.78 is 47.1. The lowest BCUT2D eigenvalue weighted by Gasteiger charge is -2.30. The van der Waals surface area contributed by atoms with Crippen LogP contribution in [0.15, 0.2) is 22.8 Å². The second-order valence-electron chi connectivity index (χ2n) is 7.35. The van der Waals surface area contributed by atoms with Gasteiger partial charge >= 0.3 is 12.3 Å². The SMILES string of the molecule is CCCCOC(=O)N1CCC2(CCN(C(c3ccc(Br)cn3)C(F)(F)F)C2=O)C1=O. The predicted octanol–water partition coefficient (Wildman–Crippen LogP) is 3.84. The minimum Gasteiger partial charge on any atom is -0.449 e. The number of halogens is 4. The molecule has 11 heteroatoms. The summed E-state index contributed by atoms with van der Waals surface area (Å²) in [5.74, 6) is -1.72. The summed E-state index contributed by atoms with van der Waals surface area (Å²) in [5, 5.41) is 0. The van der Waals surface area contributed by atoms with E-state index in [4.69, 9.17) is 4.74 Å². The van der Waals surface area contributed by atoms with Gasteiger partial charge in [0.2, 0.25) is 11.8 Å². The number of likely N-dealkylation sites (tertiary alicyclic amines) is 2. The number of imide groups is 1. The molecule has 7 nitrogen and oxygen atoms in total. The van der Waals surface area contributed by atoms with Crippen LogP contribution in [0.2, 0.25) is 0 Å². The van der Waals surface area contributed by atoms with Gasteiger partial charge in [-0.25, -0.2) is 9.69 Å². The van der Waals surface area contributed by atoms with E-state index in [1.54, 1.807) is 0 Å². The Morgan fingerprint density at radius 3 is 2.57 bits per heavy atom. The van der Waals surface area contributed by atoms with Crippen LogP contribution in [0, 0.1) is 5.41 Å². The molecule has 3 heterocycles. The molecular formula is C19H21BrF3N3O4. The van der Waals surface area contributed by atoms with Crippen molar-refractivity contribution in [2.24, 2.45) is 5.41 Å². The van der Waals surface area contributed by atoms with Crippen molar-refractivity contribution in [1.29, 1.82) is 0 Å². The summed E-state index contributed by atoms with van der Waals surface area (Å²) in [4.78, 5) is 43.4. The Labute approximate surface area is 179 Å². The molecule has 30 heavy (non-hydrogen) atoms. The molecule has 2 unspecified atom stereocenters. The fourth-order valence-corrected chi connectivity index (χ4v) is 4.08. The van der Waals surface area contributed by atoms with Crippen molar-refractivity contribution in [2.45, 2.75) is 44.8 Å². The molecule has 1 aromatic heterocycles. The topological polar surface area (TPSA) is 79.8 Å². The molecule has 1 spiro atoms. The number of carbonyl (C=O) groups is 3. The maximum atomic E-state index is 13.9. The first-order valence-corrected chi connectivity index (χ1v) is 10.4. The summed E-state index contributed by atoms with van der Waals surface area (Å²) in [5.41, 5.74) is -2.00. The molecule has 0 aromatic carbocycles. The van der Waals surface area contributed by atoms with Crippen LogP contribution in [-0.4, -0.2) is 58.6 Å². The molecule has 0 saturated carbocycles. The number of carbonyl (C=O) groups excluding carboxylic acids is 3. The number of aromatic nitrogens is 1. The van der Waals surface area contributed by atoms with Crippen LogP contribution in [0.1, 0.15) is 44.3 Å². The van der Waals surface area contributed by atoms with Crippen molar-refractivity contribution < 1.29 is 32.3 Å². The lowest BCUT2D eigenvalue weighted by atomic mass is 9.84. The highest BCUT2D eigenvalue weighted by molar-refractivity contribution is 9.10. The minimum absolute atomic E-state index is 0.0254. The third-order valence-electron chi connectivity index (χ3n) is 5.46. The van der Waals surface area contributed by atoms with Gasteiger partial charge < -0.3 is 9.64 Å². The third-order valence-corrected chi connectivity index (χ3v) is 5.93. The Hall–Kier alpha value is -2.17. The second-order valence-corrected chi connectivity index (χ2v) is 8.27. The quantitative estimate of drug-likeness (QED) is 0.461. The normalized spacial score (nSPS) is 22.8. The Balaban J connectivity index is 1.82. The van der Waals surface area contributed by atoms with Crippen molar-refractivity contribution in [3.05, 3.63) is 28.5 Å². The van der Waals surface area contributed by atoms with Crippen molar-refractivity contribution in [3.8, 4) is 0 Å². The second kappa shape index (κ2) is 8.52. The van der Waals surface area contributed by atoms with Gasteiger partial charge in [0.05, 0.1) is 12.3 Å². The molecule has 0 aliphatic carbocycles. The molecule has 1 aromatic rings. The minimum atomic E-state index is -4.78. The molecule has 164 valence electrons. The van der Waals surface area contributed by atoms with E-state index in [1.165, 1.54) is 18.3 Å². The Kier molecular flexibility index (Phi) is 6.40. The smallest absolute Gasteiger partial charge is 0.416 e. The molecule has 2 atom stereocenters. The Bertz CT molecular complexity index is 833. The van der Waals surface area contributed by atoms with Gasteiger partial charge in [-0.3, -0.25) is 14.6 Å². The molecule has 0 N–H and O–H groups in total. The van der Waals surface area contributed by atoms with E-state index in [0.29, 0.717) is 15.8 Å². The maximum absolute atomic E-state index is 13.9. The number of ether oxygens (including phenoxy) is 1. The summed E-state index contributed by atoms with van der Waals surface area (Å²) >= 11 is 3.12. The lowest BCUT2D eigenvalue weighted by Crippen LogP contribution is -2.46. The van der Waals surface area contributed by atoms with Crippen LogP contribution < -0.4 is 0 Å². The monoisotopic (exact) mass is 491 g/mol. The van der Waals surface area contributed by atoms with Crippen molar-refractivity contribution in [1.82, 2.24) is 14.8 Å². The van der Waals surface area contributed by atoms with Crippen LogP contribution in [0.5, 0.6) is 0 Å². The molecule has 2 fully saturated rings. The Morgan fingerprint density at radius 2 is 1.97 bits per heavy atom. The van der Waals surface area contributed by atoms with Crippen LogP contribution in [0.25, 0.3) is 0 Å². The number of amides is 3. The zero-order valence-electron chi connectivity index (χ0n) is 16.2. The molecule has 0 bridgehead atoms. The van der Waals surface area contributed by atoms with E-state index in [0.717, 1.165) is 11.3 Å². The number of alkyl halides is 3. The number of rotatable bonds is 5. The first-order chi connectivity index (χ1) is 14.1. The van der Waals surface area contributed by atoms with Gasteiger partial charge in [-0.05, 0) is 47.3 Å². The Morgan fingerprint density at radius 1 is 1.27 bits per heavy atom. The summed E-state index contributed by atoms with van der Waals surface area (Å²) in [6.45, 7) is 1.73.